The van der Waals surface area contributed by atoms with E-state index < -0.39 is 74.2 Å². The van der Waals surface area contributed by atoms with Crippen LogP contribution in [0.25, 0.3) is 0 Å². The number of unbranched alkanes of at least 4 members (excludes halogenated alkanes) is 22. The summed E-state index contributed by atoms with van der Waals surface area (Å²) >= 11 is 0. The molecule has 1 fully saturated rings. The molecule has 0 aromatic rings. The fraction of sp³-hybridized carbons (Fsp3) is 0.930. The number of allylic oxidation sites excluding steroid dienone is 2. The van der Waals surface area contributed by atoms with E-state index in [2.05, 4.69) is 24.4 Å². The molecule has 1 rings (SSSR count). The van der Waals surface area contributed by atoms with Crippen LogP contribution in [0.2, 0.25) is 0 Å². The molecule has 1 aliphatic rings. The van der Waals surface area contributed by atoms with Gasteiger partial charge in [0.15, 0.2) is 6.29 Å². The summed E-state index contributed by atoms with van der Waals surface area (Å²) in [6.45, 7) is 3.23. The van der Waals surface area contributed by atoms with Crippen LogP contribution >= 0.6 is 0 Å². The molecule has 1 saturated heterocycles. The largest absolute Gasteiger partial charge is 0.394 e. The molecule has 54 heavy (non-hydrogen) atoms. The maximum absolute atomic E-state index is 12.9. The molecule has 11 heteroatoms. The fourth-order valence-electron chi connectivity index (χ4n) is 7.08. The van der Waals surface area contributed by atoms with Crippen LogP contribution in [0.4, 0.5) is 0 Å². The van der Waals surface area contributed by atoms with E-state index >= 15 is 0 Å². The zero-order valence-corrected chi connectivity index (χ0v) is 34.2. The highest BCUT2D eigenvalue weighted by Crippen LogP contribution is 2.23. The second-order valence-electron chi connectivity index (χ2n) is 15.8. The van der Waals surface area contributed by atoms with Gasteiger partial charge >= 0.3 is 0 Å². The molecule has 0 bridgehead atoms. The van der Waals surface area contributed by atoms with E-state index in [-0.39, 0.29) is 6.42 Å². The highest BCUT2D eigenvalue weighted by atomic mass is 16.7. The minimum atomic E-state index is -1.66. The van der Waals surface area contributed by atoms with Crippen LogP contribution < -0.4 is 5.32 Å². The summed E-state index contributed by atoms with van der Waals surface area (Å²) < 4.78 is 10.9. The van der Waals surface area contributed by atoms with Crippen molar-refractivity contribution in [2.24, 2.45) is 0 Å². The SMILES string of the molecule is CCCCCCCCCCCCCC/C=C\CCCCCCCCCCC(O)C(=O)NC(COC1OC(CO)C(O)C(O)C1O)C(O)C(O)CCCCC. The lowest BCUT2D eigenvalue weighted by atomic mass is 9.98. The lowest BCUT2D eigenvalue weighted by Crippen LogP contribution is -2.60. The average Bonchev–Trinajstić information content (AvgIpc) is 3.17. The molecular weight excluding hydrogens is 690 g/mol. The predicted octanol–water partition coefficient (Wildman–Crippen LogP) is 6.50. The second-order valence-corrected chi connectivity index (χ2v) is 15.8. The van der Waals surface area contributed by atoms with Crippen molar-refractivity contribution in [3.05, 3.63) is 12.2 Å². The Morgan fingerprint density at radius 1 is 0.630 bits per heavy atom. The summed E-state index contributed by atoms with van der Waals surface area (Å²) in [6.07, 6.45) is 23.9. The molecule has 0 spiro atoms. The third kappa shape index (κ3) is 23.8. The van der Waals surface area contributed by atoms with Gasteiger partial charge in [0.25, 0.3) is 0 Å². The number of aliphatic hydroxyl groups is 7. The Kier molecular flexibility index (Phi) is 32.0. The molecule has 9 unspecified atom stereocenters. The van der Waals surface area contributed by atoms with Crippen molar-refractivity contribution < 1.29 is 50.0 Å². The maximum atomic E-state index is 12.9. The molecule has 0 saturated carbocycles. The molecule has 1 amide bonds. The molecule has 0 radical (unpaired) electrons. The highest BCUT2D eigenvalue weighted by Gasteiger charge is 2.44. The summed E-state index contributed by atoms with van der Waals surface area (Å²) in [4.78, 5) is 12.9. The number of nitrogens with one attached hydrogen (secondary N) is 1. The Morgan fingerprint density at radius 3 is 1.57 bits per heavy atom. The van der Waals surface area contributed by atoms with Gasteiger partial charge in [-0.1, -0.05) is 161 Å². The van der Waals surface area contributed by atoms with Crippen molar-refractivity contribution in [2.75, 3.05) is 13.2 Å². The normalized spacial score (nSPS) is 22.7. The zero-order valence-electron chi connectivity index (χ0n) is 34.2. The number of aliphatic hydroxyl groups excluding tert-OH is 7. The second kappa shape index (κ2) is 33.9. The minimum absolute atomic E-state index is 0.257. The smallest absolute Gasteiger partial charge is 0.249 e. The molecule has 1 heterocycles. The van der Waals surface area contributed by atoms with Crippen LogP contribution in [0.3, 0.4) is 0 Å². The van der Waals surface area contributed by atoms with E-state index in [0.29, 0.717) is 19.3 Å². The fourth-order valence-corrected chi connectivity index (χ4v) is 7.08. The Labute approximate surface area is 328 Å². The molecule has 9 atom stereocenters. The van der Waals surface area contributed by atoms with E-state index in [0.717, 1.165) is 38.5 Å². The summed E-state index contributed by atoms with van der Waals surface area (Å²) in [5.41, 5.74) is 0. The van der Waals surface area contributed by atoms with Gasteiger partial charge in [-0.2, -0.15) is 0 Å². The van der Waals surface area contributed by atoms with Crippen molar-refractivity contribution in [1.82, 2.24) is 5.32 Å². The summed E-state index contributed by atoms with van der Waals surface area (Å²) in [5, 5.41) is 74.5. The van der Waals surface area contributed by atoms with Gasteiger partial charge in [0.1, 0.15) is 36.6 Å². The van der Waals surface area contributed by atoms with Crippen molar-refractivity contribution in [1.29, 1.82) is 0 Å². The number of hydrogen-bond donors (Lipinski definition) is 8. The molecule has 0 aromatic carbocycles. The molecule has 8 N–H and O–H groups in total. The average molecular weight is 774 g/mol. The van der Waals surface area contributed by atoms with Gasteiger partial charge in [-0.05, 0) is 38.5 Å². The van der Waals surface area contributed by atoms with Gasteiger partial charge in [-0.25, -0.2) is 0 Å². The number of rotatable bonds is 36. The van der Waals surface area contributed by atoms with Crippen LogP contribution in [-0.4, -0.2) is 110 Å². The van der Waals surface area contributed by atoms with Crippen molar-refractivity contribution in [3.8, 4) is 0 Å². The first kappa shape index (κ1) is 50.9. The third-order valence-corrected chi connectivity index (χ3v) is 10.8. The first-order valence-electron chi connectivity index (χ1n) is 22.1. The number of amides is 1. The number of carbonyl (C=O) groups is 1. The Bertz CT molecular complexity index is 892. The summed E-state index contributed by atoms with van der Waals surface area (Å²) in [7, 11) is 0. The van der Waals surface area contributed by atoms with Crippen molar-refractivity contribution in [2.45, 2.75) is 242 Å². The molecule has 1 aliphatic heterocycles. The van der Waals surface area contributed by atoms with Gasteiger partial charge in [-0.3, -0.25) is 4.79 Å². The van der Waals surface area contributed by atoms with Crippen LogP contribution in [0, 0.1) is 0 Å². The number of ether oxygens (including phenoxy) is 2. The monoisotopic (exact) mass is 774 g/mol. The van der Waals surface area contributed by atoms with E-state index in [1.54, 1.807) is 0 Å². The minimum Gasteiger partial charge on any atom is -0.394 e. The van der Waals surface area contributed by atoms with Crippen molar-refractivity contribution in [3.63, 3.8) is 0 Å². The number of carbonyl (C=O) groups excluding carboxylic acids is 1. The molecular formula is C43H83NO10. The maximum Gasteiger partial charge on any atom is 0.249 e. The number of hydrogen-bond acceptors (Lipinski definition) is 10. The van der Waals surface area contributed by atoms with Gasteiger partial charge in [0.2, 0.25) is 5.91 Å². The Hall–Kier alpha value is -1.15. The molecule has 0 aromatic heterocycles. The Morgan fingerprint density at radius 2 is 1.07 bits per heavy atom. The van der Waals surface area contributed by atoms with Gasteiger partial charge in [-0.15, -0.1) is 0 Å². The zero-order chi connectivity index (χ0) is 39.8. The molecule has 11 nitrogen and oxygen atoms in total. The van der Waals surface area contributed by atoms with Gasteiger partial charge in [0.05, 0.1) is 25.4 Å². The molecule has 0 aliphatic carbocycles. The first-order chi connectivity index (χ1) is 26.2. The van der Waals surface area contributed by atoms with Crippen LogP contribution in [0.15, 0.2) is 12.2 Å². The van der Waals surface area contributed by atoms with E-state index in [4.69, 9.17) is 9.47 Å². The van der Waals surface area contributed by atoms with Gasteiger partial charge < -0.3 is 50.5 Å². The van der Waals surface area contributed by atoms with Crippen molar-refractivity contribution >= 4 is 5.91 Å². The van der Waals surface area contributed by atoms with Crippen LogP contribution in [-0.2, 0) is 14.3 Å². The predicted molar refractivity (Wildman–Crippen MR) is 215 cm³/mol. The standard InChI is InChI=1S/C43H83NO10/c1-3-5-7-8-9-10-11-12-13-14-15-16-17-18-19-20-21-22-23-24-25-26-27-29-31-36(47)42(52)44-34(38(48)35(46)30-28-6-4-2)33-53-43-41(51)40(50)39(49)37(32-45)54-43/h18-19,34-41,43,45-51H,3-17,20-33H2,1-2H3,(H,44,52)/b19-18-. The van der Waals surface area contributed by atoms with E-state index in [1.807, 2.05) is 6.92 Å². The van der Waals surface area contributed by atoms with Crippen LogP contribution in [0.1, 0.15) is 187 Å². The van der Waals surface area contributed by atoms with Crippen LogP contribution in [0.5, 0.6) is 0 Å². The lowest BCUT2D eigenvalue weighted by molar-refractivity contribution is -0.303. The first-order valence-corrected chi connectivity index (χ1v) is 22.1. The van der Waals surface area contributed by atoms with E-state index in [1.165, 1.54) is 109 Å². The van der Waals surface area contributed by atoms with E-state index in [9.17, 15) is 40.5 Å². The summed E-state index contributed by atoms with van der Waals surface area (Å²) in [6, 6.07) is -1.16. The third-order valence-electron chi connectivity index (χ3n) is 10.8. The quantitative estimate of drug-likeness (QED) is 0.0258. The topological polar surface area (TPSA) is 189 Å². The summed E-state index contributed by atoms with van der Waals surface area (Å²) in [5.74, 6) is -0.708. The lowest BCUT2D eigenvalue weighted by Gasteiger charge is -2.40. The molecule has 320 valence electrons. The van der Waals surface area contributed by atoms with Gasteiger partial charge in [0, 0.05) is 0 Å². The highest BCUT2D eigenvalue weighted by molar-refractivity contribution is 5.80. The Balaban J connectivity index is 2.21.